The second-order valence-corrected chi connectivity index (χ2v) is 5.33. The smallest absolute Gasteiger partial charge is 0.441 e. The van der Waals surface area contributed by atoms with Crippen molar-refractivity contribution in [3.63, 3.8) is 0 Å². The van der Waals surface area contributed by atoms with Gasteiger partial charge in [-0.2, -0.15) is 0 Å². The number of nitrogens with zero attached hydrogens (tertiary/aromatic N) is 2. The van der Waals surface area contributed by atoms with Crippen LogP contribution in [-0.4, -0.2) is 26.2 Å². The van der Waals surface area contributed by atoms with Gasteiger partial charge in [0.2, 0.25) is 0 Å². The Bertz CT molecular complexity index is 829. The summed E-state index contributed by atoms with van der Waals surface area (Å²) in [6.45, 7) is 3.71. The van der Waals surface area contributed by atoms with Crippen LogP contribution in [-0.2, 0) is 0 Å². The normalized spacial score (nSPS) is 12.1. The van der Waals surface area contributed by atoms with E-state index in [9.17, 15) is 9.90 Å². The van der Waals surface area contributed by atoms with Crippen molar-refractivity contribution in [2.45, 2.75) is 19.9 Å². The molecule has 2 N–H and O–H groups in total. The number of carboxylic acid groups (broad SMARTS) is 1. The van der Waals surface area contributed by atoms with Crippen molar-refractivity contribution in [2.24, 2.45) is 0 Å². The van der Waals surface area contributed by atoms with Crippen LogP contribution in [0, 0.1) is 6.92 Å². The lowest BCUT2D eigenvalue weighted by Gasteiger charge is -2.24. The number of imidazole rings is 1. The quantitative estimate of drug-likeness (QED) is 0.716. The summed E-state index contributed by atoms with van der Waals surface area (Å²) in [4.78, 5) is 24.7. The molecule has 0 fully saturated rings. The fraction of sp³-hybridized carbons (Fsp3) is 0.176. The van der Waals surface area contributed by atoms with Crippen molar-refractivity contribution in [1.82, 2.24) is 15.0 Å². The Morgan fingerprint density at radius 2 is 2.00 bits per heavy atom. The summed E-state index contributed by atoms with van der Waals surface area (Å²) in [5.74, 6) is 0.984. The number of H-pyrrole nitrogens is 1. The number of hydroxylamine groups is 2. The Balaban J connectivity index is 1.90. The van der Waals surface area contributed by atoms with E-state index in [0.717, 1.165) is 21.7 Å². The number of aromatic nitrogens is 2. The fourth-order valence-electron chi connectivity index (χ4n) is 2.32. The minimum Gasteiger partial charge on any atom is -0.463 e. The second kappa shape index (κ2) is 6.00. The van der Waals surface area contributed by atoms with Gasteiger partial charge in [-0.25, -0.2) is 9.78 Å². The van der Waals surface area contributed by atoms with Crippen molar-refractivity contribution in [1.29, 1.82) is 0 Å². The number of rotatable bonds is 4. The topological polar surface area (TPSA) is 78.5 Å². The van der Waals surface area contributed by atoms with E-state index in [1.165, 1.54) is 0 Å². The molecular formula is C17H17N3O3. The van der Waals surface area contributed by atoms with E-state index < -0.39 is 12.1 Å². The van der Waals surface area contributed by atoms with Crippen LogP contribution in [0.1, 0.15) is 24.4 Å². The maximum absolute atomic E-state index is 11.5. The molecule has 0 saturated heterocycles. The molecule has 1 heterocycles. The Kier molecular flexibility index (Phi) is 3.89. The molecule has 3 aromatic rings. The van der Waals surface area contributed by atoms with Gasteiger partial charge < -0.3 is 14.9 Å². The molecule has 23 heavy (non-hydrogen) atoms. The van der Waals surface area contributed by atoms with E-state index in [4.69, 9.17) is 4.84 Å². The standard InChI is InChI=1S/C17H17N3O3/c1-11-8-9-14-15(10-11)19-16(18-14)12(2)20(17(21)22)23-13-6-4-3-5-7-13/h3-10,12H,1-2H3,(H,18,19)(H,21,22). The van der Waals surface area contributed by atoms with Crippen LogP contribution >= 0.6 is 0 Å². The molecule has 3 rings (SSSR count). The first-order valence-corrected chi connectivity index (χ1v) is 7.26. The molecular weight excluding hydrogens is 294 g/mol. The summed E-state index contributed by atoms with van der Waals surface area (Å²) in [5, 5.41) is 10.3. The second-order valence-electron chi connectivity index (χ2n) is 5.33. The lowest BCUT2D eigenvalue weighted by Crippen LogP contribution is -2.35. The number of aryl methyl sites for hydroxylation is 1. The van der Waals surface area contributed by atoms with Gasteiger partial charge in [0, 0.05) is 0 Å². The maximum Gasteiger partial charge on any atom is 0.441 e. The van der Waals surface area contributed by atoms with Crippen molar-refractivity contribution in [3.8, 4) is 5.75 Å². The first kappa shape index (κ1) is 14.9. The van der Waals surface area contributed by atoms with Crippen LogP contribution in [0.2, 0.25) is 0 Å². The summed E-state index contributed by atoms with van der Waals surface area (Å²) in [6.07, 6.45) is -1.18. The molecule has 0 spiro atoms. The number of benzene rings is 2. The summed E-state index contributed by atoms with van der Waals surface area (Å²) >= 11 is 0. The Labute approximate surface area is 133 Å². The third-order valence-corrected chi connectivity index (χ3v) is 3.54. The fourth-order valence-corrected chi connectivity index (χ4v) is 2.32. The SMILES string of the molecule is Cc1ccc2[nH]c(C(C)N(Oc3ccccc3)C(=O)O)nc2c1. The van der Waals surface area contributed by atoms with Gasteiger partial charge >= 0.3 is 6.09 Å². The molecule has 0 aliphatic rings. The lowest BCUT2D eigenvalue weighted by molar-refractivity contribution is -0.0670. The first-order chi connectivity index (χ1) is 11.0. The minimum atomic E-state index is -1.18. The van der Waals surface area contributed by atoms with Crippen LogP contribution in [0.25, 0.3) is 11.0 Å². The minimum absolute atomic E-state index is 0.453. The number of carbonyl (C=O) groups is 1. The Morgan fingerprint density at radius 1 is 1.26 bits per heavy atom. The van der Waals surface area contributed by atoms with Gasteiger partial charge in [0.15, 0.2) is 5.75 Å². The van der Waals surface area contributed by atoms with Crippen LogP contribution in [0.15, 0.2) is 48.5 Å². The van der Waals surface area contributed by atoms with Gasteiger partial charge in [-0.05, 0) is 43.7 Å². The largest absolute Gasteiger partial charge is 0.463 e. The molecule has 1 unspecified atom stereocenters. The molecule has 6 nitrogen and oxygen atoms in total. The number of hydrogen-bond donors (Lipinski definition) is 2. The number of nitrogens with one attached hydrogen (secondary N) is 1. The molecule has 1 aromatic heterocycles. The number of amides is 1. The van der Waals surface area contributed by atoms with Crippen LogP contribution < -0.4 is 4.84 Å². The van der Waals surface area contributed by atoms with E-state index >= 15 is 0 Å². The van der Waals surface area contributed by atoms with E-state index in [-0.39, 0.29) is 0 Å². The van der Waals surface area contributed by atoms with Crippen molar-refractivity contribution in [2.75, 3.05) is 0 Å². The highest BCUT2D eigenvalue weighted by Gasteiger charge is 2.26. The molecule has 1 amide bonds. The van der Waals surface area contributed by atoms with E-state index in [2.05, 4.69) is 9.97 Å². The highest BCUT2D eigenvalue weighted by Crippen LogP contribution is 2.23. The number of fused-ring (bicyclic) bond motifs is 1. The van der Waals surface area contributed by atoms with E-state index in [1.54, 1.807) is 31.2 Å². The van der Waals surface area contributed by atoms with Crippen LogP contribution in [0.3, 0.4) is 0 Å². The Morgan fingerprint density at radius 3 is 2.70 bits per heavy atom. The average Bonchev–Trinajstić information content (AvgIpc) is 2.95. The molecule has 1 atom stereocenters. The summed E-state index contributed by atoms with van der Waals surface area (Å²) in [7, 11) is 0. The van der Waals surface area contributed by atoms with Gasteiger partial charge in [0.25, 0.3) is 0 Å². The molecule has 118 valence electrons. The van der Waals surface area contributed by atoms with Crippen molar-refractivity contribution >= 4 is 17.1 Å². The zero-order chi connectivity index (χ0) is 16.4. The molecule has 0 bridgehead atoms. The van der Waals surface area contributed by atoms with Crippen molar-refractivity contribution < 1.29 is 14.7 Å². The summed E-state index contributed by atoms with van der Waals surface area (Å²) in [6, 6.07) is 14.1. The maximum atomic E-state index is 11.5. The predicted octanol–water partition coefficient (Wildman–Crippen LogP) is 3.91. The number of hydrogen-bond acceptors (Lipinski definition) is 3. The van der Waals surface area contributed by atoms with E-state index in [0.29, 0.717) is 11.6 Å². The summed E-state index contributed by atoms with van der Waals surface area (Å²) in [5.41, 5.74) is 2.76. The number of aromatic amines is 1. The molecule has 0 aliphatic heterocycles. The molecule has 0 aliphatic carbocycles. The predicted molar refractivity (Wildman–Crippen MR) is 86.2 cm³/mol. The van der Waals surface area contributed by atoms with Gasteiger partial charge in [0.1, 0.15) is 11.9 Å². The van der Waals surface area contributed by atoms with Gasteiger partial charge in [-0.15, -0.1) is 5.06 Å². The average molecular weight is 311 g/mol. The number of para-hydroxylation sites is 1. The summed E-state index contributed by atoms with van der Waals surface area (Å²) < 4.78 is 0. The Hall–Kier alpha value is -3.02. The zero-order valence-corrected chi connectivity index (χ0v) is 12.9. The lowest BCUT2D eigenvalue weighted by atomic mass is 10.2. The molecule has 2 aromatic carbocycles. The van der Waals surface area contributed by atoms with Crippen LogP contribution in [0.5, 0.6) is 5.75 Å². The first-order valence-electron chi connectivity index (χ1n) is 7.26. The molecule has 6 heteroatoms. The van der Waals surface area contributed by atoms with Crippen LogP contribution in [0.4, 0.5) is 4.79 Å². The zero-order valence-electron chi connectivity index (χ0n) is 12.9. The highest BCUT2D eigenvalue weighted by molar-refractivity contribution is 5.76. The van der Waals surface area contributed by atoms with Gasteiger partial charge in [0.05, 0.1) is 11.0 Å². The highest BCUT2D eigenvalue weighted by atomic mass is 16.7. The third-order valence-electron chi connectivity index (χ3n) is 3.54. The van der Waals surface area contributed by atoms with E-state index in [1.807, 2.05) is 31.2 Å². The van der Waals surface area contributed by atoms with Crippen molar-refractivity contribution in [3.05, 3.63) is 59.9 Å². The van der Waals surface area contributed by atoms with Gasteiger partial charge in [-0.3, -0.25) is 0 Å². The third kappa shape index (κ3) is 3.11. The molecule has 0 radical (unpaired) electrons. The molecule has 0 saturated carbocycles. The van der Waals surface area contributed by atoms with Gasteiger partial charge in [-0.1, -0.05) is 24.3 Å². The monoisotopic (exact) mass is 311 g/mol.